The summed E-state index contributed by atoms with van der Waals surface area (Å²) >= 11 is 0. The van der Waals surface area contributed by atoms with E-state index in [-0.39, 0.29) is 6.04 Å². The fourth-order valence-electron chi connectivity index (χ4n) is 2.86. The molecule has 1 aliphatic rings. The molecule has 0 bridgehead atoms. The number of aryl methyl sites for hydroxylation is 1. The molecule has 0 N–H and O–H groups in total. The zero-order chi connectivity index (χ0) is 13.2. The first kappa shape index (κ1) is 12.4. The lowest BCUT2D eigenvalue weighted by molar-refractivity contribution is 0.0733. The van der Waals surface area contributed by atoms with Crippen LogP contribution in [0, 0.1) is 0 Å². The summed E-state index contributed by atoms with van der Waals surface area (Å²) < 4.78 is 12.5. The Bertz CT molecular complexity index is 533. The van der Waals surface area contributed by atoms with E-state index in [9.17, 15) is 0 Å². The van der Waals surface area contributed by atoms with Crippen LogP contribution >= 0.6 is 0 Å². The molecule has 19 heavy (non-hydrogen) atoms. The van der Waals surface area contributed by atoms with Gasteiger partial charge in [-0.1, -0.05) is 0 Å². The topological polar surface area (TPSA) is 43.4 Å². The Labute approximate surface area is 112 Å². The number of methoxy groups -OCH3 is 1. The minimum absolute atomic E-state index is 0.260. The summed E-state index contributed by atoms with van der Waals surface area (Å²) in [5.41, 5.74) is 3.82. The van der Waals surface area contributed by atoms with E-state index in [1.54, 1.807) is 13.4 Å². The Balaban J connectivity index is 1.87. The Morgan fingerprint density at radius 2 is 2.42 bits per heavy atom. The van der Waals surface area contributed by atoms with Crippen molar-refractivity contribution in [1.82, 2.24) is 14.7 Å². The SMILES string of the molecule is COC[C@@H]1c2c(cnn2C)CCN1Cc1ccoc1. The highest BCUT2D eigenvalue weighted by atomic mass is 16.5. The van der Waals surface area contributed by atoms with Crippen molar-refractivity contribution in [3.63, 3.8) is 0 Å². The van der Waals surface area contributed by atoms with Gasteiger partial charge in [0.05, 0.1) is 37.1 Å². The molecular weight excluding hydrogens is 242 g/mol. The second-order valence-electron chi connectivity index (χ2n) is 5.00. The number of fused-ring (bicyclic) bond motifs is 1. The van der Waals surface area contributed by atoms with Gasteiger partial charge in [-0.25, -0.2) is 0 Å². The lowest BCUT2D eigenvalue weighted by Gasteiger charge is -2.35. The van der Waals surface area contributed by atoms with Crippen LogP contribution in [0.3, 0.4) is 0 Å². The second kappa shape index (κ2) is 5.19. The zero-order valence-corrected chi connectivity index (χ0v) is 11.4. The van der Waals surface area contributed by atoms with Gasteiger partial charge in [0.1, 0.15) is 0 Å². The van der Waals surface area contributed by atoms with Crippen LogP contribution < -0.4 is 0 Å². The van der Waals surface area contributed by atoms with Crippen molar-refractivity contribution in [3.05, 3.63) is 41.6 Å². The number of rotatable bonds is 4. The maximum absolute atomic E-state index is 5.41. The molecule has 2 aromatic rings. The quantitative estimate of drug-likeness (QED) is 0.841. The Hall–Kier alpha value is -1.59. The van der Waals surface area contributed by atoms with E-state index >= 15 is 0 Å². The van der Waals surface area contributed by atoms with Gasteiger partial charge in [0.25, 0.3) is 0 Å². The summed E-state index contributed by atoms with van der Waals surface area (Å²) in [7, 11) is 3.75. The largest absolute Gasteiger partial charge is 0.472 e. The molecule has 0 unspecified atom stereocenters. The van der Waals surface area contributed by atoms with Crippen molar-refractivity contribution >= 4 is 0 Å². The van der Waals surface area contributed by atoms with Gasteiger partial charge in [0.15, 0.2) is 0 Å². The molecule has 1 aliphatic heterocycles. The fourth-order valence-corrected chi connectivity index (χ4v) is 2.86. The normalized spacial score (nSPS) is 19.6. The summed E-state index contributed by atoms with van der Waals surface area (Å²) in [6.45, 7) is 2.59. The smallest absolute Gasteiger partial charge is 0.0947 e. The van der Waals surface area contributed by atoms with E-state index in [0.29, 0.717) is 6.61 Å². The summed E-state index contributed by atoms with van der Waals surface area (Å²) in [5.74, 6) is 0. The van der Waals surface area contributed by atoms with Gasteiger partial charge in [-0.15, -0.1) is 0 Å². The molecule has 5 nitrogen and oxygen atoms in total. The monoisotopic (exact) mass is 261 g/mol. The number of furan rings is 1. The van der Waals surface area contributed by atoms with E-state index < -0.39 is 0 Å². The van der Waals surface area contributed by atoms with Gasteiger partial charge in [-0.05, 0) is 18.1 Å². The van der Waals surface area contributed by atoms with E-state index in [1.807, 2.05) is 30.3 Å². The first-order valence-corrected chi connectivity index (χ1v) is 6.54. The summed E-state index contributed by atoms with van der Waals surface area (Å²) in [6.07, 6.45) is 6.55. The number of hydrogen-bond acceptors (Lipinski definition) is 4. The fraction of sp³-hybridized carbons (Fsp3) is 0.500. The molecule has 0 saturated carbocycles. The van der Waals surface area contributed by atoms with Gasteiger partial charge in [0, 0.05) is 32.8 Å². The van der Waals surface area contributed by atoms with Gasteiger partial charge < -0.3 is 9.15 Å². The van der Waals surface area contributed by atoms with Crippen LogP contribution in [0.1, 0.15) is 22.9 Å². The van der Waals surface area contributed by atoms with Gasteiger partial charge >= 0.3 is 0 Å². The Kier molecular flexibility index (Phi) is 3.40. The number of hydrogen-bond donors (Lipinski definition) is 0. The maximum atomic E-state index is 5.41. The third-order valence-electron chi connectivity index (χ3n) is 3.78. The molecule has 0 aliphatic carbocycles. The molecular formula is C14H19N3O2. The van der Waals surface area contributed by atoms with Crippen molar-refractivity contribution in [1.29, 1.82) is 0 Å². The third-order valence-corrected chi connectivity index (χ3v) is 3.78. The van der Waals surface area contributed by atoms with Crippen LogP contribution in [0.25, 0.3) is 0 Å². The minimum Gasteiger partial charge on any atom is -0.472 e. The molecule has 1 atom stereocenters. The molecule has 0 radical (unpaired) electrons. The van der Waals surface area contributed by atoms with Crippen molar-refractivity contribution in [2.45, 2.75) is 19.0 Å². The molecule has 3 rings (SSSR count). The average molecular weight is 261 g/mol. The Morgan fingerprint density at radius 3 is 3.16 bits per heavy atom. The first-order chi connectivity index (χ1) is 9.29. The highest BCUT2D eigenvalue weighted by molar-refractivity contribution is 5.25. The predicted octanol–water partition coefficient (Wildman–Crippen LogP) is 1.76. The van der Waals surface area contributed by atoms with Crippen molar-refractivity contribution in [3.8, 4) is 0 Å². The lowest BCUT2D eigenvalue weighted by atomic mass is 9.99. The molecule has 2 aromatic heterocycles. The predicted molar refractivity (Wildman–Crippen MR) is 70.6 cm³/mol. The van der Waals surface area contributed by atoms with Crippen LogP contribution in [-0.2, 0) is 24.8 Å². The molecule has 0 fully saturated rings. The molecule has 0 spiro atoms. The van der Waals surface area contributed by atoms with Gasteiger partial charge in [-0.3, -0.25) is 9.58 Å². The van der Waals surface area contributed by atoms with Crippen molar-refractivity contribution in [2.24, 2.45) is 7.05 Å². The van der Waals surface area contributed by atoms with Crippen LogP contribution in [0.2, 0.25) is 0 Å². The minimum atomic E-state index is 0.260. The zero-order valence-electron chi connectivity index (χ0n) is 11.4. The van der Waals surface area contributed by atoms with Crippen LogP contribution in [0.5, 0.6) is 0 Å². The van der Waals surface area contributed by atoms with Crippen molar-refractivity contribution < 1.29 is 9.15 Å². The number of nitrogens with zero attached hydrogens (tertiary/aromatic N) is 3. The number of aromatic nitrogens is 2. The second-order valence-corrected chi connectivity index (χ2v) is 5.00. The molecule has 0 aromatic carbocycles. The molecule has 102 valence electrons. The van der Waals surface area contributed by atoms with Crippen LogP contribution in [0.15, 0.2) is 29.2 Å². The summed E-state index contributed by atoms with van der Waals surface area (Å²) in [5, 5.41) is 4.38. The lowest BCUT2D eigenvalue weighted by Crippen LogP contribution is -2.38. The first-order valence-electron chi connectivity index (χ1n) is 6.54. The summed E-state index contributed by atoms with van der Waals surface area (Å²) in [4.78, 5) is 2.43. The van der Waals surface area contributed by atoms with Gasteiger partial charge in [0.2, 0.25) is 0 Å². The van der Waals surface area contributed by atoms with E-state index in [4.69, 9.17) is 9.15 Å². The summed E-state index contributed by atoms with van der Waals surface area (Å²) in [6, 6.07) is 2.28. The molecule has 0 amide bonds. The van der Waals surface area contributed by atoms with Crippen LogP contribution in [-0.4, -0.2) is 34.9 Å². The average Bonchev–Trinajstić information content (AvgIpc) is 3.03. The maximum Gasteiger partial charge on any atom is 0.0947 e. The van der Waals surface area contributed by atoms with Crippen LogP contribution in [0.4, 0.5) is 0 Å². The molecule has 0 saturated heterocycles. The highest BCUT2D eigenvalue weighted by Gasteiger charge is 2.30. The van der Waals surface area contributed by atoms with Crippen molar-refractivity contribution in [2.75, 3.05) is 20.3 Å². The Morgan fingerprint density at radius 1 is 1.53 bits per heavy atom. The highest BCUT2D eigenvalue weighted by Crippen LogP contribution is 2.30. The molecule has 5 heteroatoms. The standard InChI is InChI=1S/C14H19N3O2/c1-16-14-12(7-15-16)3-5-17(13(14)10-18-2)8-11-4-6-19-9-11/h4,6-7,9,13H,3,5,8,10H2,1-2H3/t13-/m1/s1. The van der Waals surface area contributed by atoms with E-state index in [1.165, 1.54) is 16.8 Å². The van der Waals surface area contributed by atoms with Gasteiger partial charge in [-0.2, -0.15) is 5.10 Å². The molecule has 3 heterocycles. The number of ether oxygens (including phenoxy) is 1. The third kappa shape index (κ3) is 2.31. The van der Waals surface area contributed by atoms with E-state index in [0.717, 1.165) is 19.5 Å². The van der Waals surface area contributed by atoms with E-state index in [2.05, 4.69) is 10.00 Å².